The Balaban J connectivity index is 0.00000264. The van der Waals surface area contributed by atoms with Crippen molar-refractivity contribution in [1.82, 2.24) is 5.32 Å². The van der Waals surface area contributed by atoms with Crippen molar-refractivity contribution in [1.29, 1.82) is 0 Å². The molecule has 0 fully saturated rings. The number of amides is 1. The van der Waals surface area contributed by atoms with E-state index in [1.807, 2.05) is 25.1 Å². The Morgan fingerprint density at radius 2 is 1.61 bits per heavy atom. The van der Waals surface area contributed by atoms with Crippen LogP contribution < -0.4 is 11.1 Å². The van der Waals surface area contributed by atoms with Gasteiger partial charge in [0.2, 0.25) is 5.91 Å². The van der Waals surface area contributed by atoms with Crippen LogP contribution in [0.2, 0.25) is 0 Å². The number of halogens is 1. The van der Waals surface area contributed by atoms with Crippen LogP contribution in [0.25, 0.3) is 11.1 Å². The summed E-state index contributed by atoms with van der Waals surface area (Å²) in [5.41, 5.74) is 9.02. The van der Waals surface area contributed by atoms with Gasteiger partial charge in [-0.1, -0.05) is 74.9 Å². The van der Waals surface area contributed by atoms with Gasteiger partial charge in [0.05, 0.1) is 6.04 Å². The molecule has 124 valence electrons. The van der Waals surface area contributed by atoms with Gasteiger partial charge in [-0.25, -0.2) is 0 Å². The van der Waals surface area contributed by atoms with Crippen LogP contribution in [0.1, 0.15) is 25.8 Å². The van der Waals surface area contributed by atoms with E-state index in [2.05, 4.69) is 48.6 Å². The van der Waals surface area contributed by atoms with E-state index >= 15 is 0 Å². The third-order valence-electron chi connectivity index (χ3n) is 4.11. The van der Waals surface area contributed by atoms with Gasteiger partial charge in [0.25, 0.3) is 0 Å². The Bertz CT molecular complexity index is 599. The van der Waals surface area contributed by atoms with Crippen LogP contribution in [0, 0.1) is 5.92 Å². The first-order valence-electron chi connectivity index (χ1n) is 7.79. The van der Waals surface area contributed by atoms with Gasteiger partial charge in [0.15, 0.2) is 0 Å². The van der Waals surface area contributed by atoms with E-state index in [1.54, 1.807) is 0 Å². The molecule has 0 aliphatic rings. The predicted molar refractivity (Wildman–Crippen MR) is 98.4 cm³/mol. The summed E-state index contributed by atoms with van der Waals surface area (Å²) in [6.45, 7) is 4.75. The molecular formula is C19H25ClN2O. The standard InChI is InChI=1S/C19H24N2O.ClH/c1-3-14(2)18(19(20)22)21-13-15-9-11-17(12-10-15)16-7-5-4-6-8-16;/h4-12,14,18,21H,3,13H2,1-2H3,(H2,20,22);1H. The van der Waals surface area contributed by atoms with Gasteiger partial charge in [-0.2, -0.15) is 0 Å². The zero-order valence-electron chi connectivity index (χ0n) is 13.7. The lowest BCUT2D eigenvalue weighted by atomic mass is 9.98. The van der Waals surface area contributed by atoms with Crippen LogP contribution in [0.3, 0.4) is 0 Å². The van der Waals surface area contributed by atoms with Crippen LogP contribution >= 0.6 is 12.4 Å². The lowest BCUT2D eigenvalue weighted by Gasteiger charge is -2.21. The van der Waals surface area contributed by atoms with E-state index in [0.29, 0.717) is 6.54 Å². The van der Waals surface area contributed by atoms with Crippen LogP contribution in [-0.4, -0.2) is 11.9 Å². The minimum Gasteiger partial charge on any atom is -0.368 e. The smallest absolute Gasteiger partial charge is 0.234 e. The number of hydrogen-bond donors (Lipinski definition) is 2. The highest BCUT2D eigenvalue weighted by Crippen LogP contribution is 2.19. The van der Waals surface area contributed by atoms with E-state index < -0.39 is 0 Å². The number of carbonyl (C=O) groups is 1. The summed E-state index contributed by atoms with van der Waals surface area (Å²) in [5, 5.41) is 3.27. The first-order valence-corrected chi connectivity index (χ1v) is 7.79. The lowest BCUT2D eigenvalue weighted by Crippen LogP contribution is -2.45. The highest BCUT2D eigenvalue weighted by atomic mass is 35.5. The highest BCUT2D eigenvalue weighted by molar-refractivity contribution is 5.85. The van der Waals surface area contributed by atoms with Gasteiger partial charge in [-0.3, -0.25) is 4.79 Å². The molecule has 23 heavy (non-hydrogen) atoms. The maximum absolute atomic E-state index is 11.5. The van der Waals surface area contributed by atoms with E-state index in [1.165, 1.54) is 11.1 Å². The van der Waals surface area contributed by atoms with E-state index in [0.717, 1.165) is 12.0 Å². The second-order valence-electron chi connectivity index (χ2n) is 5.71. The van der Waals surface area contributed by atoms with E-state index in [4.69, 9.17) is 5.73 Å². The van der Waals surface area contributed by atoms with Crippen LogP contribution in [0.4, 0.5) is 0 Å². The van der Waals surface area contributed by atoms with Crippen molar-refractivity contribution in [3.05, 3.63) is 60.2 Å². The second kappa shape index (κ2) is 9.33. The third kappa shape index (κ3) is 5.38. The van der Waals surface area contributed by atoms with Crippen molar-refractivity contribution in [2.75, 3.05) is 0 Å². The topological polar surface area (TPSA) is 55.1 Å². The summed E-state index contributed by atoms with van der Waals surface area (Å²) in [4.78, 5) is 11.5. The van der Waals surface area contributed by atoms with Crippen LogP contribution in [0.5, 0.6) is 0 Å². The SMILES string of the molecule is CCC(C)C(NCc1ccc(-c2ccccc2)cc1)C(N)=O.Cl. The summed E-state index contributed by atoms with van der Waals surface area (Å²) in [5.74, 6) is -0.0450. The normalized spacial score (nSPS) is 13.0. The second-order valence-corrected chi connectivity index (χ2v) is 5.71. The van der Waals surface area contributed by atoms with Crippen LogP contribution in [-0.2, 0) is 11.3 Å². The molecule has 2 unspecified atom stereocenters. The fraction of sp³-hybridized carbons (Fsp3) is 0.316. The molecule has 3 N–H and O–H groups in total. The van der Waals surface area contributed by atoms with Crippen molar-refractivity contribution >= 4 is 18.3 Å². The van der Waals surface area contributed by atoms with Gasteiger partial charge in [-0.05, 0) is 22.6 Å². The molecule has 4 heteroatoms. The van der Waals surface area contributed by atoms with Crippen molar-refractivity contribution in [3.63, 3.8) is 0 Å². The molecule has 0 aliphatic carbocycles. The zero-order chi connectivity index (χ0) is 15.9. The number of primary amides is 1. The molecule has 2 rings (SSSR count). The fourth-order valence-electron chi connectivity index (χ4n) is 2.49. The van der Waals surface area contributed by atoms with Crippen molar-refractivity contribution in [2.24, 2.45) is 11.7 Å². The molecule has 1 amide bonds. The number of benzene rings is 2. The number of carbonyl (C=O) groups excluding carboxylic acids is 1. The molecule has 0 bridgehead atoms. The first kappa shape index (κ1) is 19.2. The predicted octanol–water partition coefficient (Wildman–Crippen LogP) is 3.77. The summed E-state index contributed by atoms with van der Waals surface area (Å²) in [6, 6.07) is 18.4. The summed E-state index contributed by atoms with van der Waals surface area (Å²) in [7, 11) is 0. The molecule has 2 aromatic rings. The Morgan fingerprint density at radius 3 is 2.13 bits per heavy atom. The first-order chi connectivity index (χ1) is 10.6. The summed E-state index contributed by atoms with van der Waals surface area (Å²) in [6.07, 6.45) is 0.924. The number of hydrogen-bond acceptors (Lipinski definition) is 2. The van der Waals surface area contributed by atoms with Gasteiger partial charge in [0, 0.05) is 6.54 Å². The Hall–Kier alpha value is -1.84. The molecule has 0 radical (unpaired) electrons. The number of rotatable bonds is 7. The lowest BCUT2D eigenvalue weighted by molar-refractivity contribution is -0.121. The Kier molecular flexibility index (Phi) is 7.79. The van der Waals surface area contributed by atoms with Gasteiger partial charge >= 0.3 is 0 Å². The Labute approximate surface area is 144 Å². The molecule has 0 heterocycles. The summed E-state index contributed by atoms with van der Waals surface area (Å²) >= 11 is 0. The Morgan fingerprint density at radius 1 is 1.04 bits per heavy atom. The van der Waals surface area contributed by atoms with E-state index in [-0.39, 0.29) is 30.3 Å². The summed E-state index contributed by atoms with van der Waals surface area (Å²) < 4.78 is 0. The molecule has 0 spiro atoms. The quantitative estimate of drug-likeness (QED) is 0.811. The van der Waals surface area contributed by atoms with Gasteiger partial charge in [0.1, 0.15) is 0 Å². The van der Waals surface area contributed by atoms with Crippen molar-refractivity contribution in [3.8, 4) is 11.1 Å². The maximum atomic E-state index is 11.5. The zero-order valence-corrected chi connectivity index (χ0v) is 14.5. The molecule has 0 saturated carbocycles. The fourth-order valence-corrected chi connectivity index (χ4v) is 2.49. The monoisotopic (exact) mass is 332 g/mol. The molecule has 3 nitrogen and oxygen atoms in total. The number of nitrogens with one attached hydrogen (secondary N) is 1. The highest BCUT2D eigenvalue weighted by Gasteiger charge is 2.20. The van der Waals surface area contributed by atoms with Gasteiger partial charge < -0.3 is 11.1 Å². The van der Waals surface area contributed by atoms with Gasteiger partial charge in [-0.15, -0.1) is 12.4 Å². The van der Waals surface area contributed by atoms with Crippen molar-refractivity contribution in [2.45, 2.75) is 32.9 Å². The molecule has 0 saturated heterocycles. The largest absolute Gasteiger partial charge is 0.368 e. The average molecular weight is 333 g/mol. The minimum atomic E-state index is -0.282. The molecule has 2 atom stereocenters. The van der Waals surface area contributed by atoms with Crippen LogP contribution in [0.15, 0.2) is 54.6 Å². The van der Waals surface area contributed by atoms with E-state index in [9.17, 15) is 4.79 Å². The molecule has 0 aromatic heterocycles. The minimum absolute atomic E-state index is 0. The molecule has 0 aliphatic heterocycles. The third-order valence-corrected chi connectivity index (χ3v) is 4.11. The maximum Gasteiger partial charge on any atom is 0.234 e. The van der Waals surface area contributed by atoms with Crippen molar-refractivity contribution < 1.29 is 4.79 Å². The number of nitrogens with two attached hydrogens (primary N) is 1. The molecular weight excluding hydrogens is 308 g/mol. The average Bonchev–Trinajstić information content (AvgIpc) is 2.56. The molecule has 2 aromatic carbocycles.